The molecule has 0 spiro atoms. The van der Waals surface area contributed by atoms with E-state index >= 15 is 0 Å². The molecule has 0 radical (unpaired) electrons. The zero-order valence-corrected chi connectivity index (χ0v) is 15.4. The number of alkyl carbamates (subject to hydrolysis) is 1. The first kappa shape index (κ1) is 22.9. The molecule has 4 N–H and O–H groups in total. The van der Waals surface area contributed by atoms with Gasteiger partial charge in [0.1, 0.15) is 12.6 Å². The number of hydrogen-bond donors (Lipinski definition) is 4. The summed E-state index contributed by atoms with van der Waals surface area (Å²) in [6.45, 7) is -0.190. The van der Waals surface area contributed by atoms with Gasteiger partial charge < -0.3 is 30.3 Å². The van der Waals surface area contributed by atoms with E-state index in [1.807, 2.05) is 6.07 Å². The highest BCUT2D eigenvalue weighted by molar-refractivity contribution is 5.84. The van der Waals surface area contributed by atoms with E-state index in [1.165, 1.54) is 7.11 Å². The summed E-state index contributed by atoms with van der Waals surface area (Å²) >= 11 is 0. The van der Waals surface area contributed by atoms with Crippen LogP contribution < -0.4 is 10.6 Å². The highest BCUT2D eigenvalue weighted by atomic mass is 16.5. The minimum atomic E-state index is -1.31. The van der Waals surface area contributed by atoms with Gasteiger partial charge in [-0.25, -0.2) is 9.59 Å². The lowest BCUT2D eigenvalue weighted by molar-refractivity contribution is -0.144. The molecule has 0 aliphatic rings. The summed E-state index contributed by atoms with van der Waals surface area (Å²) in [5.74, 6) is -2.64. The fraction of sp³-hybridized carbons (Fsp3) is 0.444. The Balaban J connectivity index is 2.31. The Bertz CT molecular complexity index is 665. The molecule has 28 heavy (non-hydrogen) atoms. The topological polar surface area (TPSA) is 151 Å². The summed E-state index contributed by atoms with van der Waals surface area (Å²) in [5, 5.41) is 23.4. The lowest BCUT2D eigenvalue weighted by Crippen LogP contribution is -2.43. The molecule has 10 nitrogen and oxygen atoms in total. The number of carbonyl (C=O) groups excluding carboxylic acids is 3. The van der Waals surface area contributed by atoms with Crippen LogP contribution in [-0.4, -0.2) is 60.0 Å². The maximum absolute atomic E-state index is 11.8. The SMILES string of the molecule is COC(=O)CC[C@@H](NC(=O)C[C@@H](O)CNC(=O)OCc1ccccc1)C(=O)O. The van der Waals surface area contributed by atoms with Gasteiger partial charge in [0, 0.05) is 13.0 Å². The average molecular weight is 396 g/mol. The van der Waals surface area contributed by atoms with Crippen LogP contribution in [0.2, 0.25) is 0 Å². The maximum atomic E-state index is 11.8. The van der Waals surface area contributed by atoms with Gasteiger partial charge in [-0.2, -0.15) is 0 Å². The molecule has 0 saturated heterocycles. The smallest absolute Gasteiger partial charge is 0.407 e. The summed E-state index contributed by atoms with van der Waals surface area (Å²) in [5.41, 5.74) is 0.796. The minimum absolute atomic E-state index is 0.0593. The van der Waals surface area contributed by atoms with Crippen LogP contribution >= 0.6 is 0 Å². The highest BCUT2D eigenvalue weighted by Crippen LogP contribution is 2.02. The second kappa shape index (κ2) is 12.3. The van der Waals surface area contributed by atoms with Crippen molar-refractivity contribution in [3.05, 3.63) is 35.9 Å². The number of carbonyl (C=O) groups is 4. The number of aliphatic hydroxyl groups is 1. The Morgan fingerprint density at radius 3 is 2.43 bits per heavy atom. The monoisotopic (exact) mass is 396 g/mol. The normalized spacial score (nSPS) is 12.4. The molecule has 2 amide bonds. The van der Waals surface area contributed by atoms with Gasteiger partial charge in [0.05, 0.1) is 19.6 Å². The van der Waals surface area contributed by atoms with Crippen molar-refractivity contribution in [1.29, 1.82) is 0 Å². The number of rotatable bonds is 11. The fourth-order valence-corrected chi connectivity index (χ4v) is 2.14. The molecular formula is C18H24N2O8. The van der Waals surface area contributed by atoms with Crippen molar-refractivity contribution in [2.24, 2.45) is 0 Å². The molecule has 2 atom stereocenters. The maximum Gasteiger partial charge on any atom is 0.407 e. The highest BCUT2D eigenvalue weighted by Gasteiger charge is 2.22. The molecular weight excluding hydrogens is 372 g/mol. The van der Waals surface area contributed by atoms with Gasteiger partial charge in [-0.05, 0) is 12.0 Å². The van der Waals surface area contributed by atoms with Crippen LogP contribution in [0.3, 0.4) is 0 Å². The second-order valence-electron chi connectivity index (χ2n) is 5.87. The van der Waals surface area contributed by atoms with E-state index in [0.717, 1.165) is 5.56 Å². The van der Waals surface area contributed by atoms with Crippen molar-refractivity contribution in [1.82, 2.24) is 10.6 Å². The largest absolute Gasteiger partial charge is 0.480 e. The number of amides is 2. The first-order valence-electron chi connectivity index (χ1n) is 8.53. The third kappa shape index (κ3) is 9.53. The molecule has 0 aromatic heterocycles. The summed E-state index contributed by atoms with van der Waals surface area (Å²) in [6, 6.07) is 7.71. The zero-order chi connectivity index (χ0) is 20.9. The molecule has 10 heteroatoms. The molecule has 0 bridgehead atoms. The van der Waals surface area contributed by atoms with Gasteiger partial charge in [0.15, 0.2) is 0 Å². The lowest BCUT2D eigenvalue weighted by atomic mass is 10.1. The third-order valence-electron chi connectivity index (χ3n) is 3.61. The van der Waals surface area contributed by atoms with Crippen molar-refractivity contribution in [3.63, 3.8) is 0 Å². The Morgan fingerprint density at radius 2 is 1.82 bits per heavy atom. The first-order valence-corrected chi connectivity index (χ1v) is 8.53. The molecule has 0 aliphatic heterocycles. The molecule has 0 saturated carbocycles. The zero-order valence-electron chi connectivity index (χ0n) is 15.4. The molecule has 0 heterocycles. The summed E-state index contributed by atoms with van der Waals surface area (Å²) in [6.07, 6.45) is -2.75. The van der Waals surface area contributed by atoms with Gasteiger partial charge in [0.25, 0.3) is 0 Å². The van der Waals surface area contributed by atoms with Crippen molar-refractivity contribution in [3.8, 4) is 0 Å². The number of nitrogens with one attached hydrogen (secondary N) is 2. The predicted molar refractivity (Wildman–Crippen MR) is 96.1 cm³/mol. The van der Waals surface area contributed by atoms with Crippen LogP contribution in [0.15, 0.2) is 30.3 Å². The van der Waals surface area contributed by atoms with E-state index in [2.05, 4.69) is 15.4 Å². The van der Waals surface area contributed by atoms with E-state index < -0.39 is 42.5 Å². The number of ether oxygens (including phenoxy) is 2. The van der Waals surface area contributed by atoms with E-state index in [-0.39, 0.29) is 26.0 Å². The van der Waals surface area contributed by atoms with Crippen molar-refractivity contribution < 1.29 is 38.9 Å². The van der Waals surface area contributed by atoms with Crippen molar-refractivity contribution >= 4 is 23.9 Å². The third-order valence-corrected chi connectivity index (χ3v) is 3.61. The average Bonchev–Trinajstić information content (AvgIpc) is 2.68. The van der Waals surface area contributed by atoms with Crippen LogP contribution in [-0.2, 0) is 30.5 Å². The van der Waals surface area contributed by atoms with Crippen LogP contribution in [0.25, 0.3) is 0 Å². The fourth-order valence-electron chi connectivity index (χ4n) is 2.14. The van der Waals surface area contributed by atoms with Gasteiger partial charge in [-0.1, -0.05) is 30.3 Å². The second-order valence-corrected chi connectivity index (χ2v) is 5.87. The van der Waals surface area contributed by atoms with E-state index in [0.29, 0.717) is 0 Å². The molecule has 154 valence electrons. The molecule has 1 aromatic carbocycles. The van der Waals surface area contributed by atoms with Crippen LogP contribution in [0, 0.1) is 0 Å². The van der Waals surface area contributed by atoms with Gasteiger partial charge in [-0.3, -0.25) is 9.59 Å². The van der Waals surface area contributed by atoms with Crippen molar-refractivity contribution in [2.75, 3.05) is 13.7 Å². The Kier molecular flexibility index (Phi) is 10.0. The summed E-state index contributed by atoms with van der Waals surface area (Å²) in [4.78, 5) is 45.6. The number of aliphatic hydroxyl groups excluding tert-OH is 1. The number of hydrogen-bond acceptors (Lipinski definition) is 7. The predicted octanol–water partition coefficient (Wildman–Crippen LogP) is 0.186. The number of carboxylic acids is 1. The van der Waals surface area contributed by atoms with E-state index in [9.17, 15) is 24.3 Å². The summed E-state index contributed by atoms with van der Waals surface area (Å²) in [7, 11) is 1.17. The molecule has 0 unspecified atom stereocenters. The minimum Gasteiger partial charge on any atom is -0.480 e. The number of carboxylic acid groups (broad SMARTS) is 1. The first-order chi connectivity index (χ1) is 13.3. The quantitative estimate of drug-likeness (QED) is 0.387. The molecule has 1 aromatic rings. The van der Waals surface area contributed by atoms with Gasteiger partial charge >= 0.3 is 18.0 Å². The van der Waals surface area contributed by atoms with E-state index in [1.54, 1.807) is 24.3 Å². The number of methoxy groups -OCH3 is 1. The summed E-state index contributed by atoms with van der Waals surface area (Å²) < 4.78 is 9.38. The Hall–Kier alpha value is -3.14. The molecule has 0 fully saturated rings. The Morgan fingerprint density at radius 1 is 1.14 bits per heavy atom. The number of esters is 1. The molecule has 1 rings (SSSR count). The van der Waals surface area contributed by atoms with Gasteiger partial charge in [-0.15, -0.1) is 0 Å². The number of aliphatic carboxylic acids is 1. The standard InChI is InChI=1S/C18H24N2O8/c1-27-16(23)8-7-14(17(24)25)20-15(22)9-13(21)10-19-18(26)28-11-12-5-3-2-4-6-12/h2-6,13-14,21H,7-11H2,1H3,(H,19,26)(H,20,22)(H,24,25)/t13-,14-/m1/s1. The van der Waals surface area contributed by atoms with Crippen LogP contribution in [0.5, 0.6) is 0 Å². The van der Waals surface area contributed by atoms with Crippen molar-refractivity contribution in [2.45, 2.75) is 38.0 Å². The van der Waals surface area contributed by atoms with Crippen LogP contribution in [0.4, 0.5) is 4.79 Å². The van der Waals surface area contributed by atoms with E-state index in [4.69, 9.17) is 9.84 Å². The lowest BCUT2D eigenvalue weighted by Gasteiger charge is -2.16. The number of benzene rings is 1. The Labute approximate surface area is 161 Å². The van der Waals surface area contributed by atoms with Gasteiger partial charge in [0.2, 0.25) is 5.91 Å². The molecule has 0 aliphatic carbocycles. The van der Waals surface area contributed by atoms with Crippen LogP contribution in [0.1, 0.15) is 24.8 Å².